The summed E-state index contributed by atoms with van der Waals surface area (Å²) >= 11 is 0. The normalized spacial score (nSPS) is 16.2. The van der Waals surface area contributed by atoms with E-state index in [0.29, 0.717) is 5.75 Å². The van der Waals surface area contributed by atoms with Gasteiger partial charge in [-0.3, -0.25) is 4.79 Å². The molecule has 0 saturated carbocycles. The van der Waals surface area contributed by atoms with Crippen LogP contribution in [0.4, 0.5) is 31.1 Å². The first kappa shape index (κ1) is 21.6. The molecule has 1 aliphatic heterocycles. The van der Waals surface area contributed by atoms with Crippen LogP contribution in [-0.2, 0) is 4.74 Å². The van der Waals surface area contributed by atoms with Gasteiger partial charge in [0.2, 0.25) is 5.91 Å². The van der Waals surface area contributed by atoms with Gasteiger partial charge < -0.3 is 20.1 Å². The number of carbonyl (C=O) groups is 2. The van der Waals surface area contributed by atoms with Crippen LogP contribution >= 0.6 is 0 Å². The van der Waals surface area contributed by atoms with Gasteiger partial charge in [-0.05, 0) is 18.2 Å². The highest BCUT2D eigenvalue weighted by Gasteiger charge is 2.60. The molecule has 1 aromatic rings. The van der Waals surface area contributed by atoms with Crippen LogP contribution in [0.5, 0.6) is 5.75 Å². The largest absolute Gasteiger partial charge is 0.490 e. The highest BCUT2D eigenvalue weighted by Crippen LogP contribution is 2.36. The minimum Gasteiger partial charge on any atom is -0.490 e. The second kappa shape index (κ2) is 8.15. The lowest BCUT2D eigenvalue weighted by Crippen LogP contribution is -2.50. The third-order valence-corrected chi connectivity index (χ3v) is 3.93. The fourth-order valence-corrected chi connectivity index (χ4v) is 2.57. The minimum absolute atomic E-state index is 0.151. The van der Waals surface area contributed by atoms with E-state index in [1.165, 1.54) is 18.2 Å². The molecule has 0 bridgehead atoms. The van der Waals surface area contributed by atoms with E-state index in [9.17, 15) is 35.9 Å². The number of likely N-dealkylation sites (tertiary alicyclic amines) is 1. The quantitative estimate of drug-likeness (QED) is 0.767. The van der Waals surface area contributed by atoms with Gasteiger partial charge in [-0.1, -0.05) is 6.07 Å². The number of piperidine rings is 1. The van der Waals surface area contributed by atoms with Gasteiger partial charge in [0.15, 0.2) is 0 Å². The predicted octanol–water partition coefficient (Wildman–Crippen LogP) is 3.26. The van der Waals surface area contributed by atoms with E-state index in [2.05, 4.69) is 4.74 Å². The summed E-state index contributed by atoms with van der Waals surface area (Å²) < 4.78 is 84.1. The Kier molecular flexibility index (Phi) is 6.30. The summed E-state index contributed by atoms with van der Waals surface area (Å²) in [7, 11) is 0. The van der Waals surface area contributed by atoms with Crippen LogP contribution in [0.1, 0.15) is 23.2 Å². The molecule has 1 heterocycles. The van der Waals surface area contributed by atoms with Gasteiger partial charge in [-0.25, -0.2) is 4.79 Å². The number of halogens is 6. The molecular weight excluding hydrogens is 398 g/mol. The third kappa shape index (κ3) is 5.67. The molecule has 0 aromatic heterocycles. The van der Waals surface area contributed by atoms with E-state index in [-0.39, 0.29) is 31.5 Å². The zero-order valence-corrected chi connectivity index (χ0v) is 14.2. The maximum atomic E-state index is 12.5. The number of nitrogens with two attached hydrogens (primary N) is 1. The number of benzene rings is 1. The molecule has 0 spiro atoms. The molecule has 0 aliphatic carbocycles. The molecule has 0 radical (unpaired) electrons. The van der Waals surface area contributed by atoms with Crippen molar-refractivity contribution in [1.82, 2.24) is 4.90 Å². The number of hydrogen-bond acceptors (Lipinski definition) is 4. The van der Waals surface area contributed by atoms with E-state index < -0.39 is 36.6 Å². The Morgan fingerprint density at radius 3 is 2.14 bits per heavy atom. The van der Waals surface area contributed by atoms with Crippen LogP contribution in [0, 0.1) is 0 Å². The molecule has 6 nitrogen and oxygen atoms in total. The topological polar surface area (TPSA) is 81.9 Å². The average molecular weight is 414 g/mol. The predicted molar refractivity (Wildman–Crippen MR) is 82.6 cm³/mol. The van der Waals surface area contributed by atoms with E-state index in [4.69, 9.17) is 10.5 Å². The summed E-state index contributed by atoms with van der Waals surface area (Å²) in [4.78, 5) is 23.6. The van der Waals surface area contributed by atoms with Crippen LogP contribution < -0.4 is 10.5 Å². The molecule has 1 fully saturated rings. The summed E-state index contributed by atoms with van der Waals surface area (Å²) in [5.41, 5.74) is 5.37. The molecule has 2 rings (SSSR count). The van der Waals surface area contributed by atoms with Crippen molar-refractivity contribution in [3.05, 3.63) is 29.8 Å². The Morgan fingerprint density at radius 2 is 1.64 bits per heavy atom. The SMILES string of the molecule is NC(=O)c1cccc(OC2CCN(C(=O)OC(C(F)(F)F)C(F)(F)F)CC2)c1. The highest BCUT2D eigenvalue weighted by molar-refractivity contribution is 5.93. The van der Waals surface area contributed by atoms with Crippen LogP contribution in [0.2, 0.25) is 0 Å². The van der Waals surface area contributed by atoms with Gasteiger partial charge in [0.05, 0.1) is 0 Å². The summed E-state index contributed by atoms with van der Waals surface area (Å²) in [6.07, 6.45) is -17.6. The summed E-state index contributed by atoms with van der Waals surface area (Å²) in [6.45, 7) is -0.303. The first-order valence-electron chi connectivity index (χ1n) is 8.03. The minimum atomic E-state index is -5.76. The molecular formula is C16H16F6N2O4. The standard InChI is InChI=1S/C16H16F6N2O4/c17-15(18,19)13(16(20,21)22)28-14(26)24-6-4-10(5-7-24)27-11-3-1-2-9(8-11)12(23)25/h1-3,8,10,13H,4-7H2,(H2,23,25). The maximum Gasteiger partial charge on any atom is 0.434 e. The molecule has 2 N–H and O–H groups in total. The van der Waals surface area contributed by atoms with Crippen molar-refractivity contribution in [2.45, 2.75) is 37.4 Å². The maximum absolute atomic E-state index is 12.5. The second-order valence-corrected chi connectivity index (χ2v) is 6.04. The summed E-state index contributed by atoms with van der Waals surface area (Å²) in [5.74, 6) is -0.335. The number of primary amides is 1. The van der Waals surface area contributed by atoms with Gasteiger partial charge in [0.1, 0.15) is 11.9 Å². The number of amides is 2. The Bertz CT molecular complexity index is 700. The van der Waals surface area contributed by atoms with Gasteiger partial charge in [-0.15, -0.1) is 0 Å². The summed E-state index contributed by atoms with van der Waals surface area (Å²) in [5, 5.41) is 0. The van der Waals surface area contributed by atoms with E-state index in [1.807, 2.05) is 0 Å². The highest BCUT2D eigenvalue weighted by atomic mass is 19.4. The molecule has 1 aliphatic rings. The van der Waals surface area contributed by atoms with Crippen LogP contribution in [0.3, 0.4) is 0 Å². The number of alkyl halides is 6. The lowest BCUT2D eigenvalue weighted by molar-refractivity contribution is -0.308. The Hall–Kier alpha value is -2.66. The number of hydrogen-bond donors (Lipinski definition) is 1. The van der Waals surface area contributed by atoms with Gasteiger partial charge in [0, 0.05) is 31.5 Å². The fraction of sp³-hybridized carbons (Fsp3) is 0.500. The molecule has 28 heavy (non-hydrogen) atoms. The first-order valence-corrected chi connectivity index (χ1v) is 8.03. The number of carbonyl (C=O) groups excluding carboxylic acids is 2. The molecule has 1 saturated heterocycles. The zero-order chi connectivity index (χ0) is 21.1. The van der Waals surface area contributed by atoms with Gasteiger partial charge >= 0.3 is 18.4 Å². The molecule has 0 unspecified atom stereocenters. The van der Waals surface area contributed by atoms with Crippen molar-refractivity contribution >= 4 is 12.0 Å². The van der Waals surface area contributed by atoms with Crippen molar-refractivity contribution in [2.75, 3.05) is 13.1 Å². The van der Waals surface area contributed by atoms with Gasteiger partial charge in [-0.2, -0.15) is 26.3 Å². The lowest BCUT2D eigenvalue weighted by atomic mass is 10.1. The second-order valence-electron chi connectivity index (χ2n) is 6.04. The Balaban J connectivity index is 1.91. The number of rotatable bonds is 4. The van der Waals surface area contributed by atoms with E-state index >= 15 is 0 Å². The average Bonchev–Trinajstić information content (AvgIpc) is 2.58. The fourth-order valence-electron chi connectivity index (χ4n) is 2.57. The molecule has 2 amide bonds. The number of ether oxygens (including phenoxy) is 2. The third-order valence-electron chi connectivity index (χ3n) is 3.93. The summed E-state index contributed by atoms with van der Waals surface area (Å²) in [6, 6.07) is 5.98. The monoisotopic (exact) mass is 414 g/mol. The molecule has 1 aromatic carbocycles. The van der Waals surface area contributed by atoms with Crippen molar-refractivity contribution < 1.29 is 45.4 Å². The van der Waals surface area contributed by atoms with Crippen molar-refractivity contribution in [2.24, 2.45) is 5.73 Å². The van der Waals surface area contributed by atoms with Crippen molar-refractivity contribution in [3.63, 3.8) is 0 Å². The Morgan fingerprint density at radius 1 is 1.07 bits per heavy atom. The lowest BCUT2D eigenvalue weighted by Gasteiger charge is -2.33. The molecule has 0 atom stereocenters. The van der Waals surface area contributed by atoms with E-state index in [0.717, 1.165) is 4.90 Å². The van der Waals surface area contributed by atoms with Crippen LogP contribution in [-0.4, -0.2) is 54.6 Å². The molecule has 156 valence electrons. The smallest absolute Gasteiger partial charge is 0.434 e. The van der Waals surface area contributed by atoms with Crippen molar-refractivity contribution in [3.8, 4) is 5.75 Å². The Labute approximate surface area is 155 Å². The molecule has 12 heteroatoms. The van der Waals surface area contributed by atoms with Crippen LogP contribution in [0.25, 0.3) is 0 Å². The first-order chi connectivity index (χ1) is 12.9. The van der Waals surface area contributed by atoms with E-state index in [1.54, 1.807) is 6.07 Å². The van der Waals surface area contributed by atoms with Crippen molar-refractivity contribution in [1.29, 1.82) is 0 Å². The van der Waals surface area contributed by atoms with Crippen LogP contribution in [0.15, 0.2) is 24.3 Å². The number of nitrogens with zero attached hydrogens (tertiary/aromatic N) is 1. The zero-order valence-electron chi connectivity index (χ0n) is 14.2. The van der Waals surface area contributed by atoms with Gasteiger partial charge in [0.25, 0.3) is 6.10 Å².